The fourth-order valence-electron chi connectivity index (χ4n) is 2.02. The molecule has 20 heavy (non-hydrogen) atoms. The number of benzene rings is 1. The predicted octanol–water partition coefficient (Wildman–Crippen LogP) is 2.18. The highest BCUT2D eigenvalue weighted by Crippen LogP contribution is 2.26. The number of carbonyl (C=O) groups excluding carboxylic acids is 1. The van der Waals surface area contributed by atoms with Crippen molar-refractivity contribution in [3.63, 3.8) is 0 Å². The van der Waals surface area contributed by atoms with Crippen molar-refractivity contribution in [1.29, 1.82) is 0 Å². The van der Waals surface area contributed by atoms with E-state index in [0.717, 1.165) is 18.2 Å². The van der Waals surface area contributed by atoms with E-state index in [9.17, 15) is 23.7 Å². The number of allylic oxidation sites excluding steroid dienone is 2. The van der Waals surface area contributed by atoms with Crippen molar-refractivity contribution in [2.45, 2.75) is 12.0 Å². The molecule has 1 unspecified atom stereocenters. The van der Waals surface area contributed by atoms with E-state index in [1.807, 2.05) is 5.43 Å². The molecule has 5 nitrogen and oxygen atoms in total. The van der Waals surface area contributed by atoms with Crippen LogP contribution in [-0.2, 0) is 0 Å². The molecular formula is C13H10F2N2O3. The van der Waals surface area contributed by atoms with Gasteiger partial charge in [-0.15, -0.1) is 5.43 Å². The number of hydrazine groups is 1. The molecule has 1 aromatic rings. The Labute approximate surface area is 112 Å². The van der Waals surface area contributed by atoms with E-state index in [2.05, 4.69) is 0 Å². The number of hydrogen-bond acceptors (Lipinski definition) is 3. The van der Waals surface area contributed by atoms with Gasteiger partial charge in [-0.05, 0) is 18.2 Å². The summed E-state index contributed by atoms with van der Waals surface area (Å²) in [6.07, 6.45) is 5.66. The van der Waals surface area contributed by atoms with E-state index in [1.165, 1.54) is 18.2 Å². The van der Waals surface area contributed by atoms with Crippen LogP contribution in [0.1, 0.15) is 16.8 Å². The zero-order valence-corrected chi connectivity index (χ0v) is 10.2. The third kappa shape index (κ3) is 2.42. The summed E-state index contributed by atoms with van der Waals surface area (Å²) in [5.41, 5.74) is -0.731. The molecule has 1 aromatic carbocycles. The van der Waals surface area contributed by atoms with Gasteiger partial charge in [-0.3, -0.25) is 4.79 Å². The minimum Gasteiger partial charge on any atom is -0.291 e. The van der Waals surface area contributed by atoms with Gasteiger partial charge in [0, 0.05) is 6.42 Å². The first-order valence-corrected chi connectivity index (χ1v) is 5.72. The van der Waals surface area contributed by atoms with Crippen molar-refractivity contribution in [3.05, 3.63) is 69.8 Å². The molecule has 104 valence electrons. The molecule has 0 radical (unpaired) electrons. The van der Waals surface area contributed by atoms with E-state index < -0.39 is 33.6 Å². The summed E-state index contributed by atoms with van der Waals surface area (Å²) in [6.45, 7) is 0. The van der Waals surface area contributed by atoms with Crippen LogP contribution in [0, 0.1) is 21.7 Å². The Morgan fingerprint density at radius 2 is 1.95 bits per heavy atom. The molecule has 1 N–H and O–H groups in total. The number of nitro groups is 1. The Bertz CT molecular complexity index is 608. The van der Waals surface area contributed by atoms with Gasteiger partial charge in [0.25, 0.3) is 0 Å². The van der Waals surface area contributed by atoms with Crippen molar-refractivity contribution in [2.24, 2.45) is 0 Å². The van der Waals surface area contributed by atoms with E-state index in [4.69, 9.17) is 0 Å². The summed E-state index contributed by atoms with van der Waals surface area (Å²) in [5.74, 6) is -3.13. The lowest BCUT2D eigenvalue weighted by Crippen LogP contribution is -2.53. The molecule has 0 spiro atoms. The molecule has 0 fully saturated rings. The van der Waals surface area contributed by atoms with Gasteiger partial charge in [0.2, 0.25) is 5.78 Å². The molecule has 1 aliphatic rings. The fraction of sp³-hybridized carbons (Fsp3) is 0.154. The minimum absolute atomic E-state index is 0.0723. The van der Waals surface area contributed by atoms with Crippen LogP contribution in [0.25, 0.3) is 0 Å². The predicted molar refractivity (Wildman–Crippen MR) is 66.4 cm³/mol. The first kappa shape index (κ1) is 13.9. The number of halogens is 2. The highest BCUT2D eigenvalue weighted by Gasteiger charge is 2.43. The van der Waals surface area contributed by atoms with Crippen molar-refractivity contribution in [1.82, 2.24) is 5.43 Å². The summed E-state index contributed by atoms with van der Waals surface area (Å²) < 4.78 is 27.3. The molecule has 1 atom stereocenters. The average molecular weight is 280 g/mol. The van der Waals surface area contributed by atoms with Gasteiger partial charge in [0.1, 0.15) is 11.6 Å². The molecule has 2 rings (SSSR count). The van der Waals surface area contributed by atoms with Crippen molar-refractivity contribution in [3.8, 4) is 0 Å². The monoisotopic (exact) mass is 280 g/mol. The molecule has 7 heteroatoms. The molecular weight excluding hydrogens is 270 g/mol. The number of ketones is 1. The zero-order valence-electron chi connectivity index (χ0n) is 10.2. The maximum atomic E-state index is 13.7. The molecule has 0 amide bonds. The van der Waals surface area contributed by atoms with Gasteiger partial charge in [0.15, 0.2) is 10.6 Å². The second-order valence-corrected chi connectivity index (χ2v) is 4.26. The molecule has 0 saturated carbocycles. The molecule has 0 bridgehead atoms. The molecule has 0 heterocycles. The van der Waals surface area contributed by atoms with E-state index >= 15 is 0 Å². The normalized spacial score (nSPS) is 20.7. The summed E-state index contributed by atoms with van der Waals surface area (Å²) in [7, 11) is 0. The lowest BCUT2D eigenvalue weighted by molar-refractivity contribution is -0.553. The highest BCUT2D eigenvalue weighted by atomic mass is 19.1. The fourth-order valence-corrected chi connectivity index (χ4v) is 2.02. The zero-order chi connectivity index (χ0) is 14.8. The second-order valence-electron chi connectivity index (χ2n) is 4.26. The lowest BCUT2D eigenvalue weighted by Gasteiger charge is -2.26. The number of rotatable bonds is 4. The standard InChI is InChI=1S/C13H10F2N2O3/c14-9-5-4-6-10(15)11(9)12(18)13(16-17(19)20)7-2-1-3-8-13/h1-7,16H,8H2. The third-order valence-electron chi connectivity index (χ3n) is 2.95. The van der Waals surface area contributed by atoms with Crippen LogP contribution in [0.2, 0.25) is 0 Å². The van der Waals surface area contributed by atoms with Gasteiger partial charge in [-0.1, -0.05) is 24.3 Å². The Hall–Kier alpha value is -2.57. The van der Waals surface area contributed by atoms with Crippen LogP contribution in [0.15, 0.2) is 42.5 Å². The minimum atomic E-state index is -1.79. The van der Waals surface area contributed by atoms with Crippen LogP contribution in [0.4, 0.5) is 8.78 Å². The third-order valence-corrected chi connectivity index (χ3v) is 2.95. The lowest BCUT2D eigenvalue weighted by atomic mass is 9.84. The van der Waals surface area contributed by atoms with E-state index in [0.29, 0.717) is 0 Å². The smallest absolute Gasteiger partial charge is 0.204 e. The molecule has 1 aliphatic carbocycles. The van der Waals surface area contributed by atoms with E-state index in [1.54, 1.807) is 6.08 Å². The summed E-state index contributed by atoms with van der Waals surface area (Å²) in [6, 6.07) is 2.97. The van der Waals surface area contributed by atoms with Crippen molar-refractivity contribution >= 4 is 5.78 Å². The van der Waals surface area contributed by atoms with Gasteiger partial charge in [0.05, 0.1) is 5.56 Å². The van der Waals surface area contributed by atoms with Crippen LogP contribution in [0.3, 0.4) is 0 Å². The van der Waals surface area contributed by atoms with Gasteiger partial charge in [-0.2, -0.15) is 0 Å². The Kier molecular flexibility index (Phi) is 3.60. The summed E-state index contributed by atoms with van der Waals surface area (Å²) in [4.78, 5) is 23.0. The molecule has 0 aliphatic heterocycles. The number of Topliss-reactive ketones (excluding diaryl/α,β-unsaturated/α-hetero) is 1. The quantitative estimate of drug-likeness (QED) is 0.521. The highest BCUT2D eigenvalue weighted by molar-refractivity contribution is 6.05. The topological polar surface area (TPSA) is 72.2 Å². The van der Waals surface area contributed by atoms with Crippen LogP contribution in [0.5, 0.6) is 0 Å². The first-order chi connectivity index (χ1) is 9.46. The largest absolute Gasteiger partial charge is 0.291 e. The number of hydrogen-bond donors (Lipinski definition) is 1. The average Bonchev–Trinajstić information content (AvgIpc) is 2.38. The summed E-state index contributed by atoms with van der Waals surface area (Å²) in [5, 5.41) is 9.77. The van der Waals surface area contributed by atoms with Gasteiger partial charge >= 0.3 is 0 Å². The maximum absolute atomic E-state index is 13.7. The Morgan fingerprint density at radius 3 is 2.45 bits per heavy atom. The maximum Gasteiger partial charge on any atom is 0.204 e. The number of carbonyl (C=O) groups is 1. The van der Waals surface area contributed by atoms with Gasteiger partial charge in [-0.25, -0.2) is 18.9 Å². The Morgan fingerprint density at radius 1 is 1.30 bits per heavy atom. The van der Waals surface area contributed by atoms with Crippen LogP contribution >= 0.6 is 0 Å². The molecule has 0 saturated heterocycles. The first-order valence-electron chi connectivity index (χ1n) is 5.72. The second kappa shape index (κ2) is 5.20. The summed E-state index contributed by atoms with van der Waals surface area (Å²) >= 11 is 0. The van der Waals surface area contributed by atoms with Crippen molar-refractivity contribution in [2.75, 3.05) is 0 Å². The number of nitrogens with one attached hydrogen (secondary N) is 1. The van der Waals surface area contributed by atoms with Crippen molar-refractivity contribution < 1.29 is 18.6 Å². The molecule has 0 aromatic heterocycles. The SMILES string of the molecule is O=C(c1c(F)cccc1F)C1(N[N+](=O)[O-])C=CC=CC1. The van der Waals surface area contributed by atoms with Gasteiger partial charge < -0.3 is 0 Å². The van der Waals surface area contributed by atoms with Crippen LogP contribution in [-0.4, -0.2) is 16.4 Å². The Balaban J connectivity index is 2.50. The van der Waals surface area contributed by atoms with E-state index in [-0.39, 0.29) is 6.42 Å². The van der Waals surface area contributed by atoms with Crippen LogP contribution < -0.4 is 5.43 Å². The number of nitrogens with zero attached hydrogens (tertiary/aromatic N) is 1.